The summed E-state index contributed by atoms with van der Waals surface area (Å²) < 4.78 is 5.99. The molecule has 29 heavy (non-hydrogen) atoms. The number of amides is 1. The molecule has 0 radical (unpaired) electrons. The fourth-order valence-corrected chi connectivity index (χ4v) is 3.29. The first-order valence-electron chi connectivity index (χ1n) is 8.71. The van der Waals surface area contributed by atoms with Gasteiger partial charge < -0.3 is 10.1 Å². The molecule has 0 aliphatic carbocycles. The minimum atomic E-state index is -0.498. The maximum Gasteiger partial charge on any atom is 0.337 e. The van der Waals surface area contributed by atoms with Gasteiger partial charge in [-0.3, -0.25) is 14.2 Å². The largest absolute Gasteiger partial charge is 0.465 e. The summed E-state index contributed by atoms with van der Waals surface area (Å²) in [5, 5.41) is 3.13. The molecule has 3 aromatic rings. The van der Waals surface area contributed by atoms with Crippen molar-refractivity contribution in [1.82, 2.24) is 9.55 Å². The van der Waals surface area contributed by atoms with Crippen LogP contribution in [0.4, 0.5) is 5.69 Å². The molecule has 0 unspecified atom stereocenters. The maximum absolute atomic E-state index is 12.6. The lowest BCUT2D eigenvalue weighted by molar-refractivity contribution is -0.116. The zero-order valence-corrected chi connectivity index (χ0v) is 16.7. The number of hydrogen-bond donors (Lipinski definition) is 1. The Labute approximate surface area is 171 Å². The molecule has 0 aliphatic heterocycles. The lowest BCUT2D eigenvalue weighted by Gasteiger charge is -2.12. The molecule has 1 amide bonds. The third kappa shape index (κ3) is 4.91. The van der Waals surface area contributed by atoms with E-state index in [1.54, 1.807) is 24.5 Å². The van der Waals surface area contributed by atoms with Crippen molar-refractivity contribution in [2.45, 2.75) is 11.7 Å². The number of aromatic nitrogens is 2. The van der Waals surface area contributed by atoms with E-state index in [0.29, 0.717) is 22.1 Å². The summed E-state index contributed by atoms with van der Waals surface area (Å²) in [6.45, 7) is -0.195. The molecule has 1 aromatic heterocycles. The van der Waals surface area contributed by atoms with E-state index in [0.717, 1.165) is 5.56 Å². The first-order valence-corrected chi connectivity index (χ1v) is 9.94. The summed E-state index contributed by atoms with van der Waals surface area (Å²) >= 11 is 1.29. The Morgan fingerprint density at radius 3 is 2.55 bits per heavy atom. The number of nitrogens with one attached hydrogen (secondary N) is 1. The van der Waals surface area contributed by atoms with Crippen LogP contribution in [0.3, 0.4) is 0 Å². The van der Waals surface area contributed by atoms with Crippen LogP contribution in [0.25, 0.3) is 11.3 Å². The van der Waals surface area contributed by atoms with Crippen molar-refractivity contribution in [3.63, 3.8) is 0 Å². The Hall–Kier alpha value is -3.39. The van der Waals surface area contributed by atoms with Crippen molar-refractivity contribution in [1.29, 1.82) is 0 Å². The van der Waals surface area contributed by atoms with Gasteiger partial charge in [-0.1, -0.05) is 48.2 Å². The van der Waals surface area contributed by atoms with Gasteiger partial charge in [0.2, 0.25) is 5.91 Å². The van der Waals surface area contributed by atoms with Crippen molar-refractivity contribution in [3.8, 4) is 11.3 Å². The zero-order valence-electron chi connectivity index (χ0n) is 15.9. The second-order valence-corrected chi connectivity index (χ2v) is 6.81. The van der Waals surface area contributed by atoms with Crippen molar-refractivity contribution in [2.24, 2.45) is 0 Å². The number of rotatable bonds is 6. The molecule has 1 N–H and O–H groups in total. The second kappa shape index (κ2) is 9.20. The van der Waals surface area contributed by atoms with Gasteiger partial charge >= 0.3 is 5.97 Å². The fourth-order valence-electron chi connectivity index (χ4n) is 2.73. The smallest absolute Gasteiger partial charge is 0.337 e. The predicted octanol–water partition coefficient (Wildman–Crippen LogP) is 3.06. The Morgan fingerprint density at radius 1 is 1.10 bits per heavy atom. The Kier molecular flexibility index (Phi) is 6.46. The molecule has 0 bridgehead atoms. The molecule has 0 saturated carbocycles. The maximum atomic E-state index is 12.6. The summed E-state index contributed by atoms with van der Waals surface area (Å²) in [6, 6.07) is 17.2. The standard InChI is InChI=1S/C21H19N3O4S/c1-28-20(27)15-9-6-10-16(11-15)22-18(25)13-24-19(26)12-17(23-21(24)29-2)14-7-4-3-5-8-14/h3-12H,13H2,1-2H3,(H,22,25). The summed E-state index contributed by atoms with van der Waals surface area (Å²) in [5.41, 5.74) is 1.83. The number of benzene rings is 2. The van der Waals surface area contributed by atoms with E-state index in [1.807, 2.05) is 30.3 Å². The van der Waals surface area contributed by atoms with Crippen molar-refractivity contribution in [3.05, 3.63) is 76.6 Å². The number of ether oxygens (including phenoxy) is 1. The molecule has 2 aromatic carbocycles. The number of thioether (sulfide) groups is 1. The normalized spacial score (nSPS) is 10.4. The number of carbonyl (C=O) groups is 2. The quantitative estimate of drug-likeness (QED) is 0.382. The average Bonchev–Trinajstić information content (AvgIpc) is 2.75. The highest BCUT2D eigenvalue weighted by Gasteiger charge is 2.14. The molecule has 8 heteroatoms. The minimum absolute atomic E-state index is 0.195. The molecule has 3 rings (SSSR count). The molecule has 7 nitrogen and oxygen atoms in total. The van der Waals surface area contributed by atoms with Crippen LogP contribution in [0.15, 0.2) is 70.6 Å². The van der Waals surface area contributed by atoms with E-state index < -0.39 is 11.9 Å². The number of carbonyl (C=O) groups excluding carboxylic acids is 2. The van der Waals surface area contributed by atoms with Crippen molar-refractivity contribution >= 4 is 29.3 Å². The molecular weight excluding hydrogens is 390 g/mol. The first-order chi connectivity index (χ1) is 14.0. The van der Waals surface area contributed by atoms with E-state index in [4.69, 9.17) is 0 Å². The van der Waals surface area contributed by atoms with Crippen LogP contribution in [0.5, 0.6) is 0 Å². The number of methoxy groups -OCH3 is 1. The van der Waals surface area contributed by atoms with Gasteiger partial charge in [0.15, 0.2) is 5.16 Å². The van der Waals surface area contributed by atoms with E-state index in [-0.39, 0.29) is 12.1 Å². The first kappa shape index (κ1) is 20.3. The SMILES string of the molecule is COC(=O)c1cccc(NC(=O)Cn2c(SC)nc(-c3ccccc3)cc2=O)c1. The molecule has 1 heterocycles. The van der Waals surface area contributed by atoms with Crippen LogP contribution in [-0.2, 0) is 16.1 Å². The summed E-state index contributed by atoms with van der Waals surface area (Å²) in [5.74, 6) is -0.902. The lowest BCUT2D eigenvalue weighted by Crippen LogP contribution is -2.29. The predicted molar refractivity (Wildman–Crippen MR) is 112 cm³/mol. The Bertz CT molecular complexity index is 1100. The van der Waals surface area contributed by atoms with Gasteiger partial charge in [0.1, 0.15) is 6.54 Å². The van der Waals surface area contributed by atoms with E-state index in [1.165, 1.54) is 35.6 Å². The van der Waals surface area contributed by atoms with Gasteiger partial charge in [-0.05, 0) is 24.5 Å². The highest BCUT2D eigenvalue weighted by Crippen LogP contribution is 2.19. The molecular formula is C21H19N3O4S. The van der Waals surface area contributed by atoms with E-state index in [2.05, 4.69) is 15.0 Å². The van der Waals surface area contributed by atoms with Gasteiger partial charge in [0, 0.05) is 17.3 Å². The minimum Gasteiger partial charge on any atom is -0.465 e. The summed E-state index contributed by atoms with van der Waals surface area (Å²) in [6.07, 6.45) is 1.80. The van der Waals surface area contributed by atoms with Crippen LogP contribution in [0.1, 0.15) is 10.4 Å². The summed E-state index contributed by atoms with van der Waals surface area (Å²) in [4.78, 5) is 41.3. The highest BCUT2D eigenvalue weighted by molar-refractivity contribution is 7.98. The molecule has 0 aliphatic rings. The lowest BCUT2D eigenvalue weighted by atomic mass is 10.1. The molecule has 0 fully saturated rings. The molecule has 0 saturated heterocycles. The van der Waals surface area contributed by atoms with Crippen LogP contribution >= 0.6 is 11.8 Å². The van der Waals surface area contributed by atoms with Crippen LogP contribution in [0, 0.1) is 0 Å². The van der Waals surface area contributed by atoms with Gasteiger partial charge in [0.05, 0.1) is 18.4 Å². The Balaban J connectivity index is 1.82. The number of anilines is 1. The Morgan fingerprint density at radius 2 is 1.86 bits per heavy atom. The number of hydrogen-bond acceptors (Lipinski definition) is 6. The summed E-state index contributed by atoms with van der Waals surface area (Å²) in [7, 11) is 1.29. The van der Waals surface area contributed by atoms with Gasteiger partial charge in [-0.15, -0.1) is 0 Å². The van der Waals surface area contributed by atoms with Crippen LogP contribution < -0.4 is 10.9 Å². The van der Waals surface area contributed by atoms with Crippen LogP contribution in [0.2, 0.25) is 0 Å². The topological polar surface area (TPSA) is 90.3 Å². The third-order valence-corrected chi connectivity index (χ3v) is 4.77. The van der Waals surface area contributed by atoms with E-state index >= 15 is 0 Å². The molecule has 148 valence electrons. The monoisotopic (exact) mass is 409 g/mol. The average molecular weight is 409 g/mol. The molecule has 0 spiro atoms. The fraction of sp³-hybridized carbons (Fsp3) is 0.143. The van der Waals surface area contributed by atoms with Gasteiger partial charge in [0.25, 0.3) is 5.56 Å². The van der Waals surface area contributed by atoms with Gasteiger partial charge in [-0.2, -0.15) is 0 Å². The van der Waals surface area contributed by atoms with E-state index in [9.17, 15) is 14.4 Å². The van der Waals surface area contributed by atoms with Crippen molar-refractivity contribution in [2.75, 3.05) is 18.7 Å². The number of nitrogens with zero attached hydrogens (tertiary/aromatic N) is 2. The van der Waals surface area contributed by atoms with Gasteiger partial charge in [-0.25, -0.2) is 9.78 Å². The highest BCUT2D eigenvalue weighted by atomic mass is 32.2. The van der Waals surface area contributed by atoms with Crippen LogP contribution in [-0.4, -0.2) is 34.8 Å². The zero-order chi connectivity index (χ0) is 20.8. The third-order valence-electron chi connectivity index (χ3n) is 4.09. The second-order valence-electron chi connectivity index (χ2n) is 6.04. The van der Waals surface area contributed by atoms with Crippen molar-refractivity contribution < 1.29 is 14.3 Å². The molecule has 0 atom stereocenters. The number of esters is 1.